The van der Waals surface area contributed by atoms with Crippen molar-refractivity contribution in [2.75, 3.05) is 5.32 Å². The van der Waals surface area contributed by atoms with Gasteiger partial charge < -0.3 is 5.32 Å². The van der Waals surface area contributed by atoms with Crippen molar-refractivity contribution in [1.82, 2.24) is 4.98 Å². The SMILES string of the molecule is CC1(C)CCCC1Nc1ncc(Br)cc1Br. The molecule has 1 saturated carbocycles. The molecule has 0 spiro atoms. The van der Waals surface area contributed by atoms with Gasteiger partial charge in [-0.05, 0) is 56.2 Å². The molecule has 0 saturated heterocycles. The molecule has 1 aromatic heterocycles. The maximum Gasteiger partial charge on any atom is 0.140 e. The van der Waals surface area contributed by atoms with Gasteiger partial charge in [0.1, 0.15) is 5.82 Å². The van der Waals surface area contributed by atoms with Crippen molar-refractivity contribution in [3.63, 3.8) is 0 Å². The monoisotopic (exact) mass is 346 g/mol. The molecule has 88 valence electrons. The Morgan fingerprint density at radius 2 is 2.19 bits per heavy atom. The summed E-state index contributed by atoms with van der Waals surface area (Å²) in [7, 11) is 0. The summed E-state index contributed by atoms with van der Waals surface area (Å²) in [6.07, 6.45) is 5.66. The molecular weight excluding hydrogens is 332 g/mol. The minimum absolute atomic E-state index is 0.369. The van der Waals surface area contributed by atoms with Crippen LogP contribution in [0.3, 0.4) is 0 Å². The van der Waals surface area contributed by atoms with E-state index in [9.17, 15) is 0 Å². The second kappa shape index (κ2) is 4.65. The Hall–Kier alpha value is -0.0900. The van der Waals surface area contributed by atoms with E-state index >= 15 is 0 Å². The van der Waals surface area contributed by atoms with Crippen LogP contribution in [0.15, 0.2) is 21.2 Å². The highest BCUT2D eigenvalue weighted by molar-refractivity contribution is 9.11. The van der Waals surface area contributed by atoms with E-state index in [1.807, 2.05) is 12.3 Å². The third-order valence-corrected chi connectivity index (χ3v) is 4.41. The van der Waals surface area contributed by atoms with E-state index in [0.29, 0.717) is 11.5 Å². The Labute approximate surface area is 113 Å². The van der Waals surface area contributed by atoms with E-state index in [4.69, 9.17) is 0 Å². The van der Waals surface area contributed by atoms with Crippen molar-refractivity contribution in [2.45, 2.75) is 39.2 Å². The van der Waals surface area contributed by atoms with Crippen molar-refractivity contribution in [2.24, 2.45) is 5.41 Å². The summed E-state index contributed by atoms with van der Waals surface area (Å²) in [6.45, 7) is 4.65. The number of aromatic nitrogens is 1. The first kappa shape index (κ1) is 12.4. The molecule has 0 aliphatic heterocycles. The van der Waals surface area contributed by atoms with E-state index in [-0.39, 0.29) is 0 Å². The van der Waals surface area contributed by atoms with Gasteiger partial charge in [-0.15, -0.1) is 0 Å². The Morgan fingerprint density at radius 1 is 1.44 bits per heavy atom. The van der Waals surface area contributed by atoms with Crippen LogP contribution in [0.25, 0.3) is 0 Å². The van der Waals surface area contributed by atoms with Crippen LogP contribution < -0.4 is 5.32 Å². The van der Waals surface area contributed by atoms with Crippen LogP contribution in [0, 0.1) is 5.41 Å². The van der Waals surface area contributed by atoms with Gasteiger partial charge in [0.15, 0.2) is 0 Å². The summed E-state index contributed by atoms with van der Waals surface area (Å²) in [5, 5.41) is 3.55. The molecule has 1 atom stereocenters. The molecule has 0 bridgehead atoms. The molecule has 2 nitrogen and oxygen atoms in total. The van der Waals surface area contributed by atoms with Crippen LogP contribution in [0.1, 0.15) is 33.1 Å². The predicted octanol–water partition coefficient (Wildman–Crippen LogP) is 4.60. The Balaban J connectivity index is 2.15. The highest BCUT2D eigenvalue weighted by Gasteiger charge is 2.34. The van der Waals surface area contributed by atoms with Gasteiger partial charge in [-0.1, -0.05) is 20.3 Å². The fraction of sp³-hybridized carbons (Fsp3) is 0.583. The Morgan fingerprint density at radius 3 is 2.75 bits per heavy atom. The van der Waals surface area contributed by atoms with Gasteiger partial charge in [-0.25, -0.2) is 4.98 Å². The number of rotatable bonds is 2. The lowest BCUT2D eigenvalue weighted by Gasteiger charge is -2.28. The molecule has 0 aromatic carbocycles. The molecule has 0 amide bonds. The third kappa shape index (κ3) is 2.59. The standard InChI is InChI=1S/C12H16Br2N2/c1-12(2)5-3-4-10(12)16-11-9(14)6-8(13)7-15-11/h6-7,10H,3-5H2,1-2H3,(H,15,16). The maximum absolute atomic E-state index is 4.40. The summed E-state index contributed by atoms with van der Waals surface area (Å²) >= 11 is 6.95. The zero-order valence-electron chi connectivity index (χ0n) is 9.56. The van der Waals surface area contributed by atoms with Gasteiger partial charge in [0, 0.05) is 16.7 Å². The van der Waals surface area contributed by atoms with Crippen molar-refractivity contribution in [1.29, 1.82) is 0 Å². The van der Waals surface area contributed by atoms with E-state index in [2.05, 4.69) is 56.0 Å². The molecule has 1 fully saturated rings. The van der Waals surface area contributed by atoms with E-state index in [1.165, 1.54) is 19.3 Å². The van der Waals surface area contributed by atoms with Crippen molar-refractivity contribution in [3.8, 4) is 0 Å². The number of nitrogens with one attached hydrogen (secondary N) is 1. The molecular formula is C12H16Br2N2. The predicted molar refractivity (Wildman–Crippen MR) is 74.7 cm³/mol. The fourth-order valence-corrected chi connectivity index (χ4v) is 3.38. The van der Waals surface area contributed by atoms with Crippen LogP contribution in [0.4, 0.5) is 5.82 Å². The normalized spacial score (nSPS) is 23.4. The lowest BCUT2D eigenvalue weighted by molar-refractivity contribution is 0.349. The zero-order valence-corrected chi connectivity index (χ0v) is 12.7. The first-order chi connectivity index (χ1) is 7.49. The van der Waals surface area contributed by atoms with Crippen LogP contribution in [-0.2, 0) is 0 Å². The van der Waals surface area contributed by atoms with E-state index in [0.717, 1.165) is 14.8 Å². The quantitative estimate of drug-likeness (QED) is 0.845. The first-order valence-corrected chi connectivity index (χ1v) is 7.15. The molecule has 1 N–H and O–H groups in total. The molecule has 1 aliphatic carbocycles. The second-order valence-corrected chi connectivity index (χ2v) is 6.83. The average Bonchev–Trinajstić information content (AvgIpc) is 2.50. The first-order valence-electron chi connectivity index (χ1n) is 5.56. The van der Waals surface area contributed by atoms with Crippen molar-refractivity contribution in [3.05, 3.63) is 21.2 Å². The van der Waals surface area contributed by atoms with Crippen LogP contribution in [0.5, 0.6) is 0 Å². The number of hydrogen-bond donors (Lipinski definition) is 1. The van der Waals surface area contributed by atoms with Gasteiger partial charge in [0.25, 0.3) is 0 Å². The topological polar surface area (TPSA) is 24.9 Å². The van der Waals surface area contributed by atoms with Gasteiger partial charge in [0.2, 0.25) is 0 Å². The molecule has 1 aliphatic rings. The Kier molecular flexibility index (Phi) is 3.59. The smallest absolute Gasteiger partial charge is 0.140 e. The highest BCUT2D eigenvalue weighted by atomic mass is 79.9. The largest absolute Gasteiger partial charge is 0.366 e. The number of halogens is 2. The third-order valence-electron chi connectivity index (χ3n) is 3.38. The molecule has 1 heterocycles. The molecule has 0 radical (unpaired) electrons. The number of anilines is 1. The lowest BCUT2D eigenvalue weighted by Crippen LogP contribution is -2.31. The highest BCUT2D eigenvalue weighted by Crippen LogP contribution is 2.39. The molecule has 1 aromatic rings. The fourth-order valence-electron chi connectivity index (χ4n) is 2.28. The average molecular weight is 348 g/mol. The van der Waals surface area contributed by atoms with Gasteiger partial charge in [-0.3, -0.25) is 0 Å². The molecule has 16 heavy (non-hydrogen) atoms. The minimum Gasteiger partial charge on any atom is -0.366 e. The molecule has 2 rings (SSSR count). The zero-order chi connectivity index (χ0) is 11.8. The van der Waals surface area contributed by atoms with Crippen LogP contribution in [0.2, 0.25) is 0 Å². The summed E-state index contributed by atoms with van der Waals surface area (Å²) in [4.78, 5) is 4.40. The van der Waals surface area contributed by atoms with Crippen LogP contribution >= 0.6 is 31.9 Å². The minimum atomic E-state index is 0.369. The van der Waals surface area contributed by atoms with E-state index in [1.54, 1.807) is 0 Å². The van der Waals surface area contributed by atoms with Crippen LogP contribution in [-0.4, -0.2) is 11.0 Å². The number of hydrogen-bond acceptors (Lipinski definition) is 2. The van der Waals surface area contributed by atoms with Gasteiger partial charge >= 0.3 is 0 Å². The summed E-state index contributed by atoms with van der Waals surface area (Å²) < 4.78 is 2.01. The summed E-state index contributed by atoms with van der Waals surface area (Å²) in [5.74, 6) is 0.947. The number of nitrogens with zero attached hydrogens (tertiary/aromatic N) is 1. The summed E-state index contributed by atoms with van der Waals surface area (Å²) in [5.41, 5.74) is 0.369. The molecule has 1 unspecified atom stereocenters. The van der Waals surface area contributed by atoms with Crippen molar-refractivity contribution >= 4 is 37.7 Å². The van der Waals surface area contributed by atoms with Gasteiger partial charge in [-0.2, -0.15) is 0 Å². The second-order valence-electron chi connectivity index (χ2n) is 5.06. The van der Waals surface area contributed by atoms with E-state index < -0.39 is 0 Å². The maximum atomic E-state index is 4.40. The van der Waals surface area contributed by atoms with Crippen molar-refractivity contribution < 1.29 is 0 Å². The summed E-state index contributed by atoms with van der Waals surface area (Å²) in [6, 6.07) is 2.55. The Bertz CT molecular complexity index is 391. The number of pyridine rings is 1. The lowest BCUT2D eigenvalue weighted by atomic mass is 9.87. The molecule has 4 heteroatoms. The van der Waals surface area contributed by atoms with Gasteiger partial charge in [0.05, 0.1) is 4.47 Å².